The van der Waals surface area contributed by atoms with Crippen LogP contribution in [0.1, 0.15) is 24.2 Å². The van der Waals surface area contributed by atoms with Crippen LogP contribution in [-0.4, -0.2) is 36.3 Å². The van der Waals surface area contributed by atoms with Gasteiger partial charge in [0.25, 0.3) is 0 Å². The van der Waals surface area contributed by atoms with Crippen LogP contribution in [0, 0.1) is 0 Å². The predicted octanol–water partition coefficient (Wildman–Crippen LogP) is 4.69. The zero-order valence-electron chi connectivity index (χ0n) is 16.1. The lowest BCUT2D eigenvalue weighted by molar-refractivity contribution is 0.227. The molecule has 1 aromatic carbocycles. The van der Waals surface area contributed by atoms with Gasteiger partial charge >= 0.3 is 0 Å². The van der Waals surface area contributed by atoms with Gasteiger partial charge in [-0.15, -0.1) is 0 Å². The largest absolute Gasteiger partial charge is 0.486 e. The highest BCUT2D eigenvalue weighted by atomic mass is 35.5. The molecule has 0 bridgehead atoms. The summed E-state index contributed by atoms with van der Waals surface area (Å²) in [5, 5.41) is 19.5. The number of rotatable bonds is 7. The molecule has 0 amide bonds. The van der Waals surface area contributed by atoms with E-state index < -0.39 is 0 Å². The number of aliphatic hydroxyl groups excluding tert-OH is 1. The Morgan fingerprint density at radius 1 is 1.13 bits per heavy atom. The van der Waals surface area contributed by atoms with Crippen LogP contribution in [0.25, 0.3) is 23.2 Å². The summed E-state index contributed by atoms with van der Waals surface area (Å²) in [6.45, 7) is 2.41. The molecule has 154 valence electrons. The van der Waals surface area contributed by atoms with Crippen LogP contribution in [0.5, 0.6) is 5.75 Å². The molecule has 1 N–H and O–H groups in total. The number of halogens is 2. The van der Waals surface area contributed by atoms with Gasteiger partial charge in [0.2, 0.25) is 0 Å². The third-order valence-electron chi connectivity index (χ3n) is 4.57. The predicted molar refractivity (Wildman–Crippen MR) is 118 cm³/mol. The van der Waals surface area contributed by atoms with Gasteiger partial charge in [-0.05, 0) is 31.2 Å². The Morgan fingerprint density at radius 2 is 1.93 bits per heavy atom. The highest BCUT2D eigenvalue weighted by Crippen LogP contribution is 2.33. The Morgan fingerprint density at radius 3 is 2.70 bits per heavy atom. The van der Waals surface area contributed by atoms with Crippen molar-refractivity contribution in [3.8, 4) is 5.75 Å². The monoisotopic (exact) mass is 443 g/mol. The van der Waals surface area contributed by atoms with Crippen molar-refractivity contribution in [3.63, 3.8) is 0 Å². The number of hydrogen-bond donors (Lipinski definition) is 1. The minimum Gasteiger partial charge on any atom is -0.486 e. The van der Waals surface area contributed by atoms with Crippen LogP contribution >= 0.6 is 23.2 Å². The fourth-order valence-electron chi connectivity index (χ4n) is 3.14. The average molecular weight is 444 g/mol. The Bertz CT molecular complexity index is 1180. The second kappa shape index (κ2) is 8.87. The van der Waals surface area contributed by atoms with Gasteiger partial charge in [0.15, 0.2) is 0 Å². The van der Waals surface area contributed by atoms with Gasteiger partial charge in [-0.1, -0.05) is 23.2 Å². The zero-order chi connectivity index (χ0) is 21.1. The van der Waals surface area contributed by atoms with Gasteiger partial charge in [0.05, 0.1) is 41.1 Å². The van der Waals surface area contributed by atoms with E-state index in [-0.39, 0.29) is 12.7 Å². The molecule has 7 nitrogen and oxygen atoms in total. The molecule has 1 atom stereocenters. The molecular weight excluding hydrogens is 425 g/mol. The number of benzene rings is 1. The Hall–Kier alpha value is -2.87. The number of fused-ring (bicyclic) bond motifs is 1. The van der Waals surface area contributed by atoms with Gasteiger partial charge in [-0.25, -0.2) is 4.68 Å². The number of hydrogen-bond acceptors (Lipinski definition) is 5. The Balaban J connectivity index is 1.52. The number of pyridine rings is 1. The quantitative estimate of drug-likeness (QED) is 0.447. The summed E-state index contributed by atoms with van der Waals surface area (Å²) >= 11 is 12.5. The Kier molecular flexibility index (Phi) is 6.03. The van der Waals surface area contributed by atoms with Gasteiger partial charge in [-0.2, -0.15) is 10.2 Å². The molecular formula is C21H19Cl2N5O2. The first-order chi connectivity index (χ1) is 14.5. The molecule has 0 saturated heterocycles. The highest BCUT2D eigenvalue weighted by molar-refractivity contribution is 6.35. The van der Waals surface area contributed by atoms with Gasteiger partial charge < -0.3 is 9.84 Å². The lowest BCUT2D eigenvalue weighted by Gasteiger charge is -2.17. The van der Waals surface area contributed by atoms with Crippen LogP contribution in [-0.2, 0) is 6.54 Å². The standard InChI is InChI=1S/C21H19Cl2N5O2/c1-14(21-18(22)11-24-12-19(21)23)30-17-2-3-20-16(8-17)10-26-28(20)5-4-15-9-25-27(13-15)6-7-29/h2-5,8-14,29H,6-7H2,1H3/t14-/m1/s1. The van der Waals surface area contributed by atoms with Crippen LogP contribution in [0.4, 0.5) is 0 Å². The van der Waals surface area contributed by atoms with Crippen molar-refractivity contribution in [2.75, 3.05) is 6.61 Å². The molecule has 0 unspecified atom stereocenters. The summed E-state index contributed by atoms with van der Waals surface area (Å²) in [4.78, 5) is 3.97. The maximum Gasteiger partial charge on any atom is 0.124 e. The SMILES string of the molecule is C[C@@H](Oc1ccc2c(cnn2C=Cc2cnn(CCO)c2)c1)c1c(Cl)cncc1Cl. The summed E-state index contributed by atoms with van der Waals surface area (Å²) in [6, 6.07) is 5.75. The first-order valence-corrected chi connectivity index (χ1v) is 10.0. The molecule has 30 heavy (non-hydrogen) atoms. The van der Waals surface area contributed by atoms with Crippen molar-refractivity contribution < 1.29 is 9.84 Å². The lowest BCUT2D eigenvalue weighted by Crippen LogP contribution is -2.05. The van der Waals surface area contributed by atoms with E-state index in [9.17, 15) is 0 Å². The van der Waals surface area contributed by atoms with E-state index in [2.05, 4.69) is 15.2 Å². The van der Waals surface area contributed by atoms with E-state index in [1.165, 1.54) is 0 Å². The van der Waals surface area contributed by atoms with E-state index in [1.54, 1.807) is 34.2 Å². The van der Waals surface area contributed by atoms with E-state index in [0.29, 0.717) is 27.9 Å². The van der Waals surface area contributed by atoms with E-state index in [0.717, 1.165) is 16.5 Å². The van der Waals surface area contributed by atoms with Crippen molar-refractivity contribution in [3.05, 3.63) is 70.4 Å². The van der Waals surface area contributed by atoms with Crippen LogP contribution in [0.15, 0.2) is 49.2 Å². The van der Waals surface area contributed by atoms with Crippen molar-refractivity contribution in [1.29, 1.82) is 0 Å². The van der Waals surface area contributed by atoms with E-state index in [4.69, 9.17) is 33.0 Å². The zero-order valence-corrected chi connectivity index (χ0v) is 17.6. The molecule has 3 aromatic heterocycles. The van der Waals surface area contributed by atoms with Crippen molar-refractivity contribution in [2.45, 2.75) is 19.6 Å². The maximum absolute atomic E-state index is 8.98. The minimum absolute atomic E-state index is 0.0528. The van der Waals surface area contributed by atoms with Gasteiger partial charge in [0.1, 0.15) is 11.9 Å². The first kappa shape index (κ1) is 20.4. The topological polar surface area (TPSA) is 78.0 Å². The summed E-state index contributed by atoms with van der Waals surface area (Å²) in [7, 11) is 0. The fourth-order valence-corrected chi connectivity index (χ4v) is 3.82. The molecule has 0 fully saturated rings. The van der Waals surface area contributed by atoms with Crippen molar-refractivity contribution in [1.82, 2.24) is 24.5 Å². The van der Waals surface area contributed by atoms with Crippen LogP contribution in [0.2, 0.25) is 10.0 Å². The molecule has 0 aliphatic heterocycles. The highest BCUT2D eigenvalue weighted by Gasteiger charge is 2.16. The van der Waals surface area contributed by atoms with Gasteiger partial charge in [-0.3, -0.25) is 9.67 Å². The lowest BCUT2D eigenvalue weighted by atomic mass is 10.1. The van der Waals surface area contributed by atoms with E-state index >= 15 is 0 Å². The summed E-state index contributed by atoms with van der Waals surface area (Å²) in [5.74, 6) is 0.688. The molecule has 4 rings (SSSR count). The first-order valence-electron chi connectivity index (χ1n) is 9.29. The molecule has 0 radical (unpaired) electrons. The number of nitrogens with zero attached hydrogens (tertiary/aromatic N) is 5. The smallest absolute Gasteiger partial charge is 0.124 e. The maximum atomic E-state index is 8.98. The third-order valence-corrected chi connectivity index (χ3v) is 5.17. The Labute approximate surface area is 183 Å². The molecule has 0 saturated carbocycles. The second-order valence-electron chi connectivity index (χ2n) is 6.66. The van der Waals surface area contributed by atoms with Crippen molar-refractivity contribution >= 4 is 46.4 Å². The molecule has 0 aliphatic rings. The third kappa shape index (κ3) is 4.33. The van der Waals surface area contributed by atoms with Crippen LogP contribution in [0.3, 0.4) is 0 Å². The number of aromatic nitrogens is 5. The summed E-state index contributed by atoms with van der Waals surface area (Å²) < 4.78 is 9.52. The average Bonchev–Trinajstić information content (AvgIpc) is 3.33. The molecule has 0 spiro atoms. The summed E-state index contributed by atoms with van der Waals surface area (Å²) in [5.41, 5.74) is 2.56. The molecule has 0 aliphatic carbocycles. The fraction of sp³-hybridized carbons (Fsp3) is 0.190. The molecule has 4 aromatic rings. The summed E-state index contributed by atoms with van der Waals surface area (Å²) in [6.07, 6.45) is 11.9. The van der Waals surface area contributed by atoms with Crippen molar-refractivity contribution in [2.24, 2.45) is 0 Å². The van der Waals surface area contributed by atoms with Crippen LogP contribution < -0.4 is 4.74 Å². The number of aliphatic hydroxyl groups is 1. The molecule has 3 heterocycles. The molecule has 9 heteroatoms. The number of ether oxygens (including phenoxy) is 1. The normalized spacial score (nSPS) is 12.7. The van der Waals surface area contributed by atoms with Gasteiger partial charge in [0, 0.05) is 41.3 Å². The second-order valence-corrected chi connectivity index (χ2v) is 7.48. The minimum atomic E-state index is -0.337. The van der Waals surface area contributed by atoms with E-state index in [1.807, 2.05) is 43.6 Å².